The second-order valence-electron chi connectivity index (χ2n) is 4.45. The lowest BCUT2D eigenvalue weighted by Gasteiger charge is -2.16. The Balaban J connectivity index is 1.97. The van der Waals surface area contributed by atoms with Crippen LogP contribution in [0.15, 0.2) is 64.8 Å². The number of hydrogen-bond acceptors (Lipinski definition) is 4. The predicted molar refractivity (Wildman–Crippen MR) is 78.9 cm³/mol. The molecule has 0 atom stereocenters. The molecule has 1 aliphatic heterocycles. The third-order valence-corrected chi connectivity index (χ3v) is 4.37. The molecule has 0 unspecified atom stereocenters. The van der Waals surface area contributed by atoms with E-state index in [1.54, 1.807) is 12.1 Å². The van der Waals surface area contributed by atoms with Crippen molar-refractivity contribution in [2.24, 2.45) is 5.73 Å². The normalized spacial score (nSPS) is 14.0. The van der Waals surface area contributed by atoms with Crippen LogP contribution >= 0.6 is 11.8 Å². The molecule has 21 heavy (non-hydrogen) atoms. The minimum Gasteiger partial charge on any atom is -0.455 e. The fourth-order valence-electron chi connectivity index (χ4n) is 2.09. The molecule has 0 spiro atoms. The first kappa shape index (κ1) is 14.0. The molecular weight excluding hydrogens is 289 g/mol. The molecule has 0 saturated heterocycles. The fourth-order valence-corrected chi connectivity index (χ4v) is 3.18. The average molecular weight is 303 g/mol. The third-order valence-electron chi connectivity index (χ3n) is 3.12. The van der Waals surface area contributed by atoms with Gasteiger partial charge < -0.3 is 15.2 Å². The first-order chi connectivity index (χ1) is 10.3. The van der Waals surface area contributed by atoms with Crippen LogP contribution in [0.25, 0.3) is 0 Å². The highest BCUT2D eigenvalue weighted by Crippen LogP contribution is 2.39. The van der Waals surface area contributed by atoms with Gasteiger partial charge in [-0.25, -0.2) is 4.39 Å². The zero-order valence-electron chi connectivity index (χ0n) is 11.2. The van der Waals surface area contributed by atoms with E-state index in [9.17, 15) is 4.39 Å². The molecule has 0 aliphatic carbocycles. The second kappa shape index (κ2) is 6.20. The number of rotatable bonds is 4. The van der Waals surface area contributed by atoms with Gasteiger partial charge in [0, 0.05) is 17.0 Å². The van der Waals surface area contributed by atoms with Crippen LogP contribution in [-0.4, -0.2) is 0 Å². The summed E-state index contributed by atoms with van der Waals surface area (Å²) in [5.74, 6) is -0.302. The largest absolute Gasteiger partial charge is 0.455 e. The molecule has 5 heteroatoms. The molecular formula is C16H14FNO2S. The molecule has 1 heterocycles. The van der Waals surface area contributed by atoms with Crippen LogP contribution in [0.3, 0.4) is 0 Å². The third kappa shape index (κ3) is 2.89. The van der Waals surface area contributed by atoms with Gasteiger partial charge in [0.1, 0.15) is 18.3 Å². The van der Waals surface area contributed by atoms with E-state index in [0.717, 1.165) is 10.5 Å². The summed E-state index contributed by atoms with van der Waals surface area (Å²) in [4.78, 5) is 1.42. The Bertz CT molecular complexity index is 667. The highest BCUT2D eigenvalue weighted by molar-refractivity contribution is 7.99. The minimum absolute atomic E-state index is 0.302. The van der Waals surface area contributed by atoms with E-state index < -0.39 is 6.29 Å². The van der Waals surface area contributed by atoms with E-state index in [-0.39, 0.29) is 5.82 Å². The van der Waals surface area contributed by atoms with Gasteiger partial charge in [-0.05, 0) is 17.7 Å². The monoisotopic (exact) mass is 303 g/mol. The molecule has 108 valence electrons. The number of nitrogens with two attached hydrogens (primary N) is 1. The molecule has 2 aromatic rings. The second-order valence-corrected chi connectivity index (χ2v) is 5.50. The maximum Gasteiger partial charge on any atom is 0.267 e. The van der Waals surface area contributed by atoms with Gasteiger partial charge in [-0.3, -0.25) is 0 Å². The zero-order chi connectivity index (χ0) is 14.7. The Hall–Kier alpha value is -1.98. The summed E-state index contributed by atoms with van der Waals surface area (Å²) in [6.07, 6.45) is 2.31. The Labute approximate surface area is 126 Å². The maximum atomic E-state index is 14.2. The van der Waals surface area contributed by atoms with Crippen LogP contribution in [0.1, 0.15) is 17.4 Å². The maximum absolute atomic E-state index is 14.2. The van der Waals surface area contributed by atoms with Crippen molar-refractivity contribution in [3.8, 4) is 0 Å². The Morgan fingerprint density at radius 3 is 2.57 bits per heavy atom. The molecule has 2 aromatic carbocycles. The lowest BCUT2D eigenvalue weighted by Crippen LogP contribution is -2.02. The van der Waals surface area contributed by atoms with Crippen LogP contribution < -0.4 is 5.73 Å². The number of benzene rings is 2. The van der Waals surface area contributed by atoms with Crippen molar-refractivity contribution < 1.29 is 13.9 Å². The Morgan fingerprint density at radius 2 is 1.81 bits per heavy atom. The number of hydrogen-bond donors (Lipinski definition) is 1. The first-order valence-electron chi connectivity index (χ1n) is 6.50. The molecule has 0 aromatic heterocycles. The molecule has 3 nitrogen and oxygen atoms in total. The molecule has 2 N–H and O–H groups in total. The highest BCUT2D eigenvalue weighted by Gasteiger charge is 2.22. The molecule has 1 aliphatic rings. The zero-order valence-corrected chi connectivity index (χ0v) is 12.0. The van der Waals surface area contributed by atoms with Crippen LogP contribution in [0.4, 0.5) is 4.39 Å². The standard InChI is InChI=1S/C16H14FNO2S/c17-13-6-3-5-12(16-19-8-9-20-16)15(13)21-14-7-2-1-4-11(14)10-18/h1-9,16H,10,18H2. The van der Waals surface area contributed by atoms with Crippen LogP contribution in [0.2, 0.25) is 0 Å². The summed E-state index contributed by atoms with van der Waals surface area (Å²) in [5.41, 5.74) is 7.37. The van der Waals surface area contributed by atoms with E-state index in [1.165, 1.54) is 30.4 Å². The summed E-state index contributed by atoms with van der Waals surface area (Å²) in [5, 5.41) is 0. The van der Waals surface area contributed by atoms with Crippen LogP contribution in [0, 0.1) is 5.82 Å². The molecule has 0 fully saturated rings. The fraction of sp³-hybridized carbons (Fsp3) is 0.125. The number of ether oxygens (including phenoxy) is 2. The van der Waals surface area contributed by atoms with E-state index in [0.29, 0.717) is 17.0 Å². The SMILES string of the molecule is NCc1ccccc1Sc1c(F)cccc1C1OC=CO1. The smallest absolute Gasteiger partial charge is 0.267 e. The first-order valence-corrected chi connectivity index (χ1v) is 7.31. The van der Waals surface area contributed by atoms with Gasteiger partial charge in [0.15, 0.2) is 0 Å². The van der Waals surface area contributed by atoms with Crippen LogP contribution in [-0.2, 0) is 16.0 Å². The van der Waals surface area contributed by atoms with Gasteiger partial charge in [0.25, 0.3) is 6.29 Å². The van der Waals surface area contributed by atoms with Gasteiger partial charge in [-0.15, -0.1) is 0 Å². The summed E-state index contributed by atoms with van der Waals surface area (Å²) in [6.45, 7) is 0.408. The van der Waals surface area contributed by atoms with Gasteiger partial charge >= 0.3 is 0 Å². The van der Waals surface area contributed by atoms with Gasteiger partial charge in [0.2, 0.25) is 0 Å². The van der Waals surface area contributed by atoms with E-state index >= 15 is 0 Å². The van der Waals surface area contributed by atoms with E-state index in [2.05, 4.69) is 0 Å². The van der Waals surface area contributed by atoms with Crippen LogP contribution in [0.5, 0.6) is 0 Å². The topological polar surface area (TPSA) is 44.5 Å². The molecule has 0 bridgehead atoms. The van der Waals surface area contributed by atoms with Crippen molar-refractivity contribution in [3.63, 3.8) is 0 Å². The number of halogens is 1. The highest BCUT2D eigenvalue weighted by atomic mass is 32.2. The molecule has 3 rings (SSSR count). The lowest BCUT2D eigenvalue weighted by atomic mass is 10.2. The van der Waals surface area contributed by atoms with Crippen molar-refractivity contribution in [1.29, 1.82) is 0 Å². The lowest BCUT2D eigenvalue weighted by molar-refractivity contribution is -0.0269. The quantitative estimate of drug-likeness (QED) is 0.929. The van der Waals surface area contributed by atoms with Crippen molar-refractivity contribution in [2.45, 2.75) is 22.6 Å². The summed E-state index contributed by atoms with van der Waals surface area (Å²) < 4.78 is 24.9. The summed E-state index contributed by atoms with van der Waals surface area (Å²) >= 11 is 1.34. The van der Waals surface area contributed by atoms with Gasteiger partial charge in [-0.1, -0.05) is 42.1 Å². The van der Waals surface area contributed by atoms with Crippen molar-refractivity contribution in [3.05, 3.63) is 71.9 Å². The summed E-state index contributed by atoms with van der Waals surface area (Å²) in [7, 11) is 0. The predicted octanol–water partition coefficient (Wildman–Crippen LogP) is 3.95. The average Bonchev–Trinajstić information content (AvgIpc) is 3.04. The minimum atomic E-state index is -0.603. The van der Waals surface area contributed by atoms with E-state index in [4.69, 9.17) is 15.2 Å². The molecule has 0 radical (unpaired) electrons. The molecule has 0 saturated carbocycles. The van der Waals surface area contributed by atoms with Gasteiger partial charge in [-0.2, -0.15) is 0 Å². The van der Waals surface area contributed by atoms with E-state index in [1.807, 2.05) is 24.3 Å². The summed E-state index contributed by atoms with van der Waals surface area (Å²) in [6, 6.07) is 12.6. The van der Waals surface area contributed by atoms with Crippen molar-refractivity contribution in [2.75, 3.05) is 0 Å². The van der Waals surface area contributed by atoms with Crippen molar-refractivity contribution >= 4 is 11.8 Å². The van der Waals surface area contributed by atoms with Gasteiger partial charge in [0.05, 0.1) is 4.90 Å². The molecule has 0 amide bonds. The van der Waals surface area contributed by atoms with Crippen molar-refractivity contribution in [1.82, 2.24) is 0 Å². The Morgan fingerprint density at radius 1 is 1.05 bits per heavy atom. The Kier molecular flexibility index (Phi) is 4.13.